The van der Waals surface area contributed by atoms with E-state index in [9.17, 15) is 4.79 Å². The van der Waals surface area contributed by atoms with E-state index in [0.29, 0.717) is 19.3 Å². The first kappa shape index (κ1) is 21.0. The van der Waals surface area contributed by atoms with Crippen LogP contribution < -0.4 is 5.32 Å². The second kappa shape index (κ2) is 9.31. The van der Waals surface area contributed by atoms with Gasteiger partial charge in [0.1, 0.15) is 0 Å². The minimum atomic E-state index is 0.0621. The molecule has 0 radical (unpaired) electrons. The number of benzene rings is 1. The Bertz CT molecular complexity index is 926. The smallest absolute Gasteiger partial charge is 0.227 e. The monoisotopic (exact) mass is 425 g/mol. The molecule has 1 aromatic carbocycles. The second-order valence-electron chi connectivity index (χ2n) is 9.25. The number of carbonyl (C=O) groups excluding carboxylic acids is 1. The number of fused-ring (bicyclic) bond motifs is 3. The second-order valence-corrected chi connectivity index (χ2v) is 9.25. The van der Waals surface area contributed by atoms with Crippen LogP contribution in [-0.4, -0.2) is 54.4 Å². The number of carbonyl (C=O) groups is 1. The Morgan fingerprint density at radius 3 is 2.58 bits per heavy atom. The van der Waals surface area contributed by atoms with Gasteiger partial charge in [0.25, 0.3) is 0 Å². The summed E-state index contributed by atoms with van der Waals surface area (Å²) < 4.78 is 13.5. The van der Waals surface area contributed by atoms with E-state index >= 15 is 0 Å². The summed E-state index contributed by atoms with van der Waals surface area (Å²) >= 11 is 0. The number of hydrogen-bond acceptors (Lipinski definition) is 4. The molecule has 31 heavy (non-hydrogen) atoms. The van der Waals surface area contributed by atoms with Crippen molar-refractivity contribution in [3.05, 3.63) is 29.5 Å². The highest BCUT2D eigenvalue weighted by molar-refractivity contribution is 5.96. The Balaban J connectivity index is 1.43. The maximum atomic E-state index is 12.8. The number of rotatable bonds is 5. The van der Waals surface area contributed by atoms with Gasteiger partial charge in [-0.05, 0) is 55.9 Å². The molecule has 3 aliphatic rings. The van der Waals surface area contributed by atoms with Crippen LogP contribution in [0.4, 0.5) is 5.69 Å². The van der Waals surface area contributed by atoms with Gasteiger partial charge in [-0.3, -0.25) is 9.69 Å². The van der Waals surface area contributed by atoms with Crippen molar-refractivity contribution >= 4 is 22.5 Å². The Labute approximate surface area is 184 Å². The zero-order valence-electron chi connectivity index (χ0n) is 18.7. The van der Waals surface area contributed by atoms with Crippen LogP contribution in [0.25, 0.3) is 10.9 Å². The quantitative estimate of drug-likeness (QED) is 0.788. The molecule has 168 valence electrons. The standard InChI is InChI=1S/C25H35N3O3/c1-2-10-28-23-4-3-19(26-25(29)18-6-12-30-13-7-18)16-21(23)22-17-27(11-5-24(22)28)20-8-14-31-15-9-20/h3-4,16,18,20H,2,5-15,17H2,1H3,(H,26,29). The summed E-state index contributed by atoms with van der Waals surface area (Å²) in [6, 6.07) is 7.13. The molecule has 2 fully saturated rings. The van der Waals surface area contributed by atoms with Gasteiger partial charge in [-0.1, -0.05) is 6.92 Å². The molecule has 0 atom stereocenters. The lowest BCUT2D eigenvalue weighted by molar-refractivity contribution is -0.122. The summed E-state index contributed by atoms with van der Waals surface area (Å²) in [5.41, 5.74) is 5.18. The zero-order valence-corrected chi connectivity index (χ0v) is 18.7. The van der Waals surface area contributed by atoms with Crippen LogP contribution in [0.15, 0.2) is 18.2 Å². The third-order valence-electron chi connectivity index (χ3n) is 7.30. The highest BCUT2D eigenvalue weighted by atomic mass is 16.5. The minimum Gasteiger partial charge on any atom is -0.381 e. The maximum Gasteiger partial charge on any atom is 0.227 e. The first-order chi connectivity index (χ1) is 15.2. The van der Waals surface area contributed by atoms with Crippen LogP contribution in [0.3, 0.4) is 0 Å². The molecule has 6 nitrogen and oxygen atoms in total. The highest BCUT2D eigenvalue weighted by Gasteiger charge is 2.29. The first-order valence-corrected chi connectivity index (χ1v) is 12.1. The van der Waals surface area contributed by atoms with E-state index in [1.54, 1.807) is 0 Å². The lowest BCUT2D eigenvalue weighted by Gasteiger charge is -2.37. The lowest BCUT2D eigenvalue weighted by atomic mass is 9.98. The lowest BCUT2D eigenvalue weighted by Crippen LogP contribution is -2.42. The normalized spacial score (nSPS) is 21.3. The average Bonchev–Trinajstić information content (AvgIpc) is 3.13. The van der Waals surface area contributed by atoms with Crippen LogP contribution >= 0.6 is 0 Å². The summed E-state index contributed by atoms with van der Waals surface area (Å²) in [5, 5.41) is 4.50. The molecule has 3 aliphatic heterocycles. The number of nitrogens with zero attached hydrogens (tertiary/aromatic N) is 2. The molecular formula is C25H35N3O3. The van der Waals surface area contributed by atoms with E-state index < -0.39 is 0 Å². The molecule has 1 aromatic heterocycles. The zero-order chi connectivity index (χ0) is 21.2. The van der Waals surface area contributed by atoms with Crippen molar-refractivity contribution in [3.8, 4) is 0 Å². The summed E-state index contributed by atoms with van der Waals surface area (Å²) in [6.45, 7) is 8.57. The van der Waals surface area contributed by atoms with Crippen LogP contribution in [0.5, 0.6) is 0 Å². The fourth-order valence-electron chi connectivity index (χ4n) is 5.59. The van der Waals surface area contributed by atoms with E-state index in [1.807, 2.05) is 0 Å². The van der Waals surface area contributed by atoms with Gasteiger partial charge in [0, 0.05) is 86.7 Å². The van der Waals surface area contributed by atoms with Gasteiger partial charge < -0.3 is 19.4 Å². The van der Waals surface area contributed by atoms with Gasteiger partial charge in [0.05, 0.1) is 0 Å². The van der Waals surface area contributed by atoms with Crippen LogP contribution in [-0.2, 0) is 33.8 Å². The van der Waals surface area contributed by atoms with E-state index in [-0.39, 0.29) is 11.8 Å². The topological polar surface area (TPSA) is 55.7 Å². The van der Waals surface area contributed by atoms with Crippen molar-refractivity contribution in [2.75, 3.05) is 38.3 Å². The summed E-state index contributed by atoms with van der Waals surface area (Å²) in [5.74, 6) is 0.195. The van der Waals surface area contributed by atoms with Crippen LogP contribution in [0, 0.1) is 5.92 Å². The molecule has 2 saturated heterocycles. The fourth-order valence-corrected chi connectivity index (χ4v) is 5.59. The van der Waals surface area contributed by atoms with E-state index in [0.717, 1.165) is 77.1 Å². The number of ether oxygens (including phenoxy) is 2. The van der Waals surface area contributed by atoms with Crippen molar-refractivity contribution in [2.24, 2.45) is 5.92 Å². The molecule has 5 rings (SSSR count). The van der Waals surface area contributed by atoms with Gasteiger partial charge in [-0.15, -0.1) is 0 Å². The number of hydrogen-bond donors (Lipinski definition) is 1. The molecule has 0 aliphatic carbocycles. The Hall–Kier alpha value is -1.89. The predicted octanol–water partition coefficient (Wildman–Crippen LogP) is 3.95. The Kier molecular flexibility index (Phi) is 6.30. The van der Waals surface area contributed by atoms with Crippen molar-refractivity contribution in [1.82, 2.24) is 9.47 Å². The maximum absolute atomic E-state index is 12.8. The molecule has 1 N–H and O–H groups in total. The molecule has 2 aromatic rings. The van der Waals surface area contributed by atoms with Crippen LogP contribution in [0.1, 0.15) is 50.3 Å². The Morgan fingerprint density at radius 2 is 1.84 bits per heavy atom. The molecule has 1 amide bonds. The third kappa shape index (κ3) is 4.26. The number of nitrogens with one attached hydrogen (secondary N) is 1. The molecule has 0 unspecified atom stereocenters. The SMILES string of the molecule is CCCn1c2c(c3cc(NC(=O)C4CCOCC4)ccc31)CN(C1CCOCC1)CC2. The largest absolute Gasteiger partial charge is 0.381 e. The average molecular weight is 426 g/mol. The van der Waals surface area contributed by atoms with E-state index in [2.05, 4.69) is 39.9 Å². The number of aryl methyl sites for hydroxylation is 1. The minimum absolute atomic E-state index is 0.0621. The van der Waals surface area contributed by atoms with Gasteiger partial charge in [-0.2, -0.15) is 0 Å². The molecule has 0 saturated carbocycles. The van der Waals surface area contributed by atoms with E-state index in [1.165, 1.54) is 22.2 Å². The molecular weight excluding hydrogens is 390 g/mol. The van der Waals surface area contributed by atoms with Crippen molar-refractivity contribution in [1.29, 1.82) is 0 Å². The van der Waals surface area contributed by atoms with Gasteiger partial charge in [0.15, 0.2) is 0 Å². The highest BCUT2D eigenvalue weighted by Crippen LogP contribution is 2.35. The molecule has 0 bridgehead atoms. The number of anilines is 1. The fraction of sp³-hybridized carbons (Fsp3) is 0.640. The van der Waals surface area contributed by atoms with Gasteiger partial charge >= 0.3 is 0 Å². The Morgan fingerprint density at radius 1 is 1.10 bits per heavy atom. The molecule has 4 heterocycles. The number of amides is 1. The van der Waals surface area contributed by atoms with Gasteiger partial charge in [0.2, 0.25) is 5.91 Å². The van der Waals surface area contributed by atoms with Crippen molar-refractivity contribution in [2.45, 2.75) is 64.6 Å². The van der Waals surface area contributed by atoms with Gasteiger partial charge in [-0.25, -0.2) is 0 Å². The summed E-state index contributed by atoms with van der Waals surface area (Å²) in [7, 11) is 0. The van der Waals surface area contributed by atoms with E-state index in [4.69, 9.17) is 9.47 Å². The predicted molar refractivity (Wildman–Crippen MR) is 122 cm³/mol. The van der Waals surface area contributed by atoms with Crippen molar-refractivity contribution in [3.63, 3.8) is 0 Å². The molecule has 0 spiro atoms. The van der Waals surface area contributed by atoms with Crippen molar-refractivity contribution < 1.29 is 14.3 Å². The van der Waals surface area contributed by atoms with Crippen LogP contribution in [0.2, 0.25) is 0 Å². The molecule has 6 heteroatoms. The summed E-state index contributed by atoms with van der Waals surface area (Å²) in [6.07, 6.45) is 6.13. The third-order valence-corrected chi connectivity index (χ3v) is 7.30. The summed E-state index contributed by atoms with van der Waals surface area (Å²) in [4.78, 5) is 15.4. The first-order valence-electron chi connectivity index (χ1n) is 12.1. The number of aromatic nitrogens is 1.